The molecule has 2 heterocycles. The van der Waals surface area contributed by atoms with Crippen LogP contribution in [-0.2, 0) is 23.2 Å². The van der Waals surface area contributed by atoms with Gasteiger partial charge in [0.2, 0.25) is 10.0 Å². The minimum atomic E-state index is -3.67. The third-order valence-electron chi connectivity index (χ3n) is 2.48. The van der Waals surface area contributed by atoms with Crippen LogP contribution < -0.4 is 4.72 Å². The van der Waals surface area contributed by atoms with Gasteiger partial charge in [0.25, 0.3) is 0 Å². The maximum atomic E-state index is 12.0. The van der Waals surface area contributed by atoms with Crippen LogP contribution in [0, 0.1) is 0 Å². The van der Waals surface area contributed by atoms with E-state index in [9.17, 15) is 8.42 Å². The van der Waals surface area contributed by atoms with Gasteiger partial charge in [-0.05, 0) is 22.4 Å². The fraction of sp³-hybridized carbons (Fsp3) is 0.400. The van der Waals surface area contributed by atoms with Gasteiger partial charge in [-0.1, -0.05) is 5.21 Å². The molecule has 0 saturated heterocycles. The molecule has 0 aromatic carbocycles. The number of aromatic nitrogens is 3. The number of hydrogen-bond donors (Lipinski definition) is 2. The smallest absolute Gasteiger partial charge is 0.244 e. The number of nitrogens with zero attached hydrogens (tertiary/aromatic N) is 3. The average molecular weight is 365 g/mol. The highest BCUT2D eigenvalue weighted by molar-refractivity contribution is 9.10. The Hall–Kier alpha value is -1.23. The molecule has 2 aromatic heterocycles. The summed E-state index contributed by atoms with van der Waals surface area (Å²) in [5, 5.41) is 16.3. The lowest BCUT2D eigenvalue weighted by molar-refractivity contribution is 0.245. The lowest BCUT2D eigenvalue weighted by Gasteiger charge is -2.05. The van der Waals surface area contributed by atoms with E-state index < -0.39 is 10.0 Å². The molecule has 0 bridgehead atoms. The maximum absolute atomic E-state index is 12.0. The number of halogens is 1. The van der Waals surface area contributed by atoms with Gasteiger partial charge in [-0.15, -0.1) is 5.10 Å². The van der Waals surface area contributed by atoms with E-state index in [1.54, 1.807) is 17.1 Å². The third-order valence-corrected chi connectivity index (χ3v) is 4.80. The summed E-state index contributed by atoms with van der Waals surface area (Å²) in [7, 11) is -3.67. The topological polar surface area (TPSA) is 110 Å². The highest BCUT2D eigenvalue weighted by Gasteiger charge is 2.21. The van der Waals surface area contributed by atoms with Gasteiger partial charge in [-0.3, -0.25) is 4.68 Å². The summed E-state index contributed by atoms with van der Waals surface area (Å²) in [5.41, 5.74) is 0. The molecule has 10 heteroatoms. The Morgan fingerprint density at radius 1 is 1.50 bits per heavy atom. The Morgan fingerprint density at radius 2 is 2.30 bits per heavy atom. The first-order valence-electron chi connectivity index (χ1n) is 5.76. The molecule has 0 aliphatic heterocycles. The Bertz CT molecular complexity index is 653. The van der Waals surface area contributed by atoms with E-state index >= 15 is 0 Å². The molecule has 20 heavy (non-hydrogen) atoms. The number of aryl methyl sites for hydroxylation is 1. The van der Waals surface area contributed by atoms with Crippen molar-refractivity contribution >= 4 is 26.0 Å². The monoisotopic (exact) mass is 364 g/mol. The molecular weight excluding hydrogens is 352 g/mol. The molecule has 0 saturated carbocycles. The van der Waals surface area contributed by atoms with E-state index in [0.717, 1.165) is 0 Å². The molecule has 110 valence electrons. The molecule has 0 amide bonds. The number of sulfonamides is 1. The summed E-state index contributed by atoms with van der Waals surface area (Å²) in [5.74, 6) is 0.180. The normalized spacial score (nSPS) is 11.9. The van der Waals surface area contributed by atoms with Crippen molar-refractivity contribution in [2.24, 2.45) is 0 Å². The predicted molar refractivity (Wildman–Crippen MR) is 72.2 cm³/mol. The van der Waals surface area contributed by atoms with Gasteiger partial charge in [0, 0.05) is 25.4 Å². The summed E-state index contributed by atoms with van der Waals surface area (Å²) < 4.78 is 33.2. The van der Waals surface area contributed by atoms with Crippen molar-refractivity contribution in [2.75, 3.05) is 6.54 Å². The van der Waals surface area contributed by atoms with Gasteiger partial charge in [0.05, 0.1) is 6.20 Å². The van der Waals surface area contributed by atoms with Crippen molar-refractivity contribution in [1.82, 2.24) is 19.7 Å². The van der Waals surface area contributed by atoms with Gasteiger partial charge in [-0.2, -0.15) is 0 Å². The van der Waals surface area contributed by atoms with Gasteiger partial charge in [0.1, 0.15) is 17.3 Å². The number of furan rings is 1. The summed E-state index contributed by atoms with van der Waals surface area (Å²) in [6.07, 6.45) is 3.84. The first-order valence-corrected chi connectivity index (χ1v) is 8.03. The predicted octanol–water partition coefficient (Wildman–Crippen LogP) is 0.494. The van der Waals surface area contributed by atoms with Crippen molar-refractivity contribution in [3.63, 3.8) is 0 Å². The molecule has 2 N–H and O–H groups in total. The number of aliphatic hydroxyl groups is 1. The molecular formula is C10H13BrN4O4S. The molecule has 2 rings (SSSR count). The molecule has 0 fully saturated rings. The lowest BCUT2D eigenvalue weighted by Crippen LogP contribution is -2.25. The SMILES string of the molecule is O=S(=O)(NCCCn1ccnn1)c1cc(CO)oc1Br. The van der Waals surface area contributed by atoms with Crippen LogP contribution in [0.5, 0.6) is 0 Å². The largest absolute Gasteiger partial charge is 0.450 e. The molecule has 2 aromatic rings. The average Bonchev–Trinajstić information content (AvgIpc) is 3.04. The highest BCUT2D eigenvalue weighted by Crippen LogP contribution is 2.25. The standard InChI is InChI=1S/C10H13BrN4O4S/c11-10-9(6-8(7-16)19-10)20(17,18)13-2-1-4-15-5-3-12-14-15/h3,5-6,13,16H,1-2,4,7H2. The van der Waals surface area contributed by atoms with Crippen LogP contribution in [0.3, 0.4) is 0 Å². The minimum absolute atomic E-state index is 0.0256. The summed E-state index contributed by atoms with van der Waals surface area (Å²) in [6.45, 7) is 0.464. The minimum Gasteiger partial charge on any atom is -0.450 e. The van der Waals surface area contributed by atoms with Crippen molar-refractivity contribution in [1.29, 1.82) is 0 Å². The van der Waals surface area contributed by atoms with Crippen molar-refractivity contribution < 1.29 is 17.9 Å². The van der Waals surface area contributed by atoms with Crippen LogP contribution in [-0.4, -0.2) is 35.1 Å². The Morgan fingerprint density at radius 3 is 2.90 bits per heavy atom. The zero-order valence-corrected chi connectivity index (χ0v) is 12.8. The van der Waals surface area contributed by atoms with Crippen LogP contribution in [0.1, 0.15) is 12.2 Å². The first kappa shape index (κ1) is 15.2. The molecule has 0 radical (unpaired) electrons. The van der Waals surface area contributed by atoms with Crippen LogP contribution in [0.25, 0.3) is 0 Å². The second-order valence-electron chi connectivity index (χ2n) is 3.93. The second kappa shape index (κ2) is 6.48. The molecule has 0 atom stereocenters. The van der Waals surface area contributed by atoms with Crippen LogP contribution >= 0.6 is 15.9 Å². The Kier molecular flexibility index (Phi) is 4.91. The summed E-state index contributed by atoms with van der Waals surface area (Å²) >= 11 is 3.01. The van der Waals surface area contributed by atoms with E-state index in [1.807, 2.05) is 0 Å². The highest BCUT2D eigenvalue weighted by atomic mass is 79.9. The van der Waals surface area contributed by atoms with Crippen molar-refractivity contribution in [3.8, 4) is 0 Å². The number of aliphatic hydroxyl groups excluding tert-OH is 1. The van der Waals surface area contributed by atoms with E-state index in [4.69, 9.17) is 9.52 Å². The molecule has 0 spiro atoms. The van der Waals surface area contributed by atoms with Crippen LogP contribution in [0.2, 0.25) is 0 Å². The van der Waals surface area contributed by atoms with Crippen molar-refractivity contribution in [2.45, 2.75) is 24.5 Å². The molecule has 0 aliphatic rings. The molecule has 0 unspecified atom stereocenters. The van der Waals surface area contributed by atoms with Crippen molar-refractivity contribution in [3.05, 3.63) is 28.9 Å². The molecule has 0 aliphatic carbocycles. The summed E-state index contributed by atoms with van der Waals surface area (Å²) in [6, 6.07) is 1.28. The van der Waals surface area contributed by atoms with Gasteiger partial charge in [-0.25, -0.2) is 13.1 Å². The van der Waals surface area contributed by atoms with Crippen LogP contribution in [0.4, 0.5) is 0 Å². The van der Waals surface area contributed by atoms with Gasteiger partial charge >= 0.3 is 0 Å². The van der Waals surface area contributed by atoms with E-state index in [1.165, 1.54) is 6.07 Å². The number of rotatable bonds is 7. The number of hydrogen-bond acceptors (Lipinski definition) is 6. The summed E-state index contributed by atoms with van der Waals surface area (Å²) in [4.78, 5) is -0.0256. The third kappa shape index (κ3) is 3.66. The van der Waals surface area contributed by atoms with E-state index in [0.29, 0.717) is 13.0 Å². The van der Waals surface area contributed by atoms with Gasteiger partial charge in [0.15, 0.2) is 4.67 Å². The zero-order chi connectivity index (χ0) is 14.6. The quantitative estimate of drug-likeness (QED) is 0.692. The van der Waals surface area contributed by atoms with E-state index in [-0.39, 0.29) is 28.5 Å². The number of nitrogens with one attached hydrogen (secondary N) is 1. The van der Waals surface area contributed by atoms with Crippen LogP contribution in [0.15, 0.2) is 32.4 Å². The first-order chi connectivity index (χ1) is 9.53. The zero-order valence-electron chi connectivity index (χ0n) is 10.4. The fourth-order valence-corrected chi connectivity index (χ4v) is 3.61. The van der Waals surface area contributed by atoms with Gasteiger partial charge < -0.3 is 9.52 Å². The fourth-order valence-electron chi connectivity index (χ4n) is 1.54. The molecule has 8 nitrogen and oxygen atoms in total. The maximum Gasteiger partial charge on any atom is 0.244 e. The second-order valence-corrected chi connectivity index (χ2v) is 6.38. The Labute approximate surface area is 124 Å². The Balaban J connectivity index is 1.91. The lowest BCUT2D eigenvalue weighted by atomic mass is 10.4. The van der Waals surface area contributed by atoms with E-state index in [2.05, 4.69) is 31.0 Å².